The van der Waals surface area contributed by atoms with Crippen molar-refractivity contribution in [2.24, 2.45) is 4.99 Å². The number of fused-ring (bicyclic) bond motifs is 3. The highest BCUT2D eigenvalue weighted by Gasteiger charge is 2.39. The molecule has 3 aromatic rings. The van der Waals surface area contributed by atoms with Gasteiger partial charge in [-0.2, -0.15) is 0 Å². The number of rotatable bonds is 3. The summed E-state index contributed by atoms with van der Waals surface area (Å²) in [6, 6.07) is 11.0. The molecule has 0 saturated carbocycles. The standard InChI is InChI=1S/C26H27N3O3/c1-25(2)13-17-12-19(31-5)24-18(14-26(3,4)32-24)22(17)23(28-25)16-9-10-21(30)29(15-16)20-8-6-7-11-27-20/h6-12,15H,13-14H2,1-5H3. The number of pyridine rings is 2. The van der Waals surface area contributed by atoms with Gasteiger partial charge in [0, 0.05) is 41.6 Å². The van der Waals surface area contributed by atoms with Crippen LogP contribution in [0.5, 0.6) is 11.5 Å². The molecule has 6 nitrogen and oxygen atoms in total. The summed E-state index contributed by atoms with van der Waals surface area (Å²) in [6.45, 7) is 8.43. The molecule has 0 bridgehead atoms. The number of ether oxygens (including phenoxy) is 2. The lowest BCUT2D eigenvalue weighted by Gasteiger charge is -2.31. The quantitative estimate of drug-likeness (QED) is 0.628. The maximum atomic E-state index is 12.6. The lowest BCUT2D eigenvalue weighted by molar-refractivity contribution is 0.134. The van der Waals surface area contributed by atoms with Crippen LogP contribution in [0, 0.1) is 0 Å². The third-order valence-electron chi connectivity index (χ3n) is 5.98. The van der Waals surface area contributed by atoms with Crippen molar-refractivity contribution in [2.45, 2.75) is 51.7 Å². The second-order valence-corrected chi connectivity index (χ2v) is 9.72. The summed E-state index contributed by atoms with van der Waals surface area (Å²) in [5, 5.41) is 0. The molecule has 0 fully saturated rings. The molecule has 0 N–H and O–H groups in total. The van der Waals surface area contributed by atoms with Gasteiger partial charge in [0.15, 0.2) is 11.5 Å². The fourth-order valence-electron chi connectivity index (χ4n) is 4.73. The maximum Gasteiger partial charge on any atom is 0.256 e. The van der Waals surface area contributed by atoms with Crippen molar-refractivity contribution in [1.82, 2.24) is 9.55 Å². The first-order chi connectivity index (χ1) is 15.2. The second kappa shape index (κ2) is 7.05. The monoisotopic (exact) mass is 429 g/mol. The van der Waals surface area contributed by atoms with E-state index in [1.54, 1.807) is 23.9 Å². The summed E-state index contributed by atoms with van der Waals surface area (Å²) in [4.78, 5) is 22.1. The predicted octanol–water partition coefficient (Wildman–Crippen LogP) is 4.13. The first-order valence-corrected chi connectivity index (χ1v) is 10.8. The van der Waals surface area contributed by atoms with Crippen LogP contribution in [0.2, 0.25) is 0 Å². The Balaban J connectivity index is 1.75. The van der Waals surface area contributed by atoms with E-state index in [1.165, 1.54) is 5.56 Å². The fraction of sp³-hybridized carbons (Fsp3) is 0.346. The van der Waals surface area contributed by atoms with Crippen molar-refractivity contribution in [3.05, 3.63) is 81.4 Å². The summed E-state index contributed by atoms with van der Waals surface area (Å²) < 4.78 is 13.6. The van der Waals surface area contributed by atoms with Gasteiger partial charge in [-0.1, -0.05) is 6.07 Å². The van der Waals surface area contributed by atoms with Gasteiger partial charge < -0.3 is 9.47 Å². The summed E-state index contributed by atoms with van der Waals surface area (Å²) in [7, 11) is 1.68. The Morgan fingerprint density at radius 1 is 1.09 bits per heavy atom. The first kappa shape index (κ1) is 20.5. The highest BCUT2D eigenvalue weighted by atomic mass is 16.5. The molecule has 1 aromatic carbocycles. The van der Waals surface area contributed by atoms with Gasteiger partial charge in [0.25, 0.3) is 5.56 Å². The minimum Gasteiger partial charge on any atom is -0.493 e. The fourth-order valence-corrected chi connectivity index (χ4v) is 4.73. The molecule has 0 amide bonds. The average Bonchev–Trinajstić information content (AvgIpc) is 3.07. The van der Waals surface area contributed by atoms with Crippen molar-refractivity contribution < 1.29 is 9.47 Å². The molecule has 0 spiro atoms. The minimum atomic E-state index is -0.324. The van der Waals surface area contributed by atoms with Gasteiger partial charge >= 0.3 is 0 Å². The van der Waals surface area contributed by atoms with Crippen molar-refractivity contribution >= 4 is 5.71 Å². The van der Waals surface area contributed by atoms with Crippen molar-refractivity contribution in [3.8, 4) is 17.3 Å². The topological polar surface area (TPSA) is 65.7 Å². The molecular weight excluding hydrogens is 402 g/mol. The Morgan fingerprint density at radius 2 is 1.91 bits per heavy atom. The van der Waals surface area contributed by atoms with Gasteiger partial charge in [0.2, 0.25) is 0 Å². The highest BCUT2D eigenvalue weighted by Crippen LogP contribution is 2.47. The normalized spacial score (nSPS) is 17.7. The largest absolute Gasteiger partial charge is 0.493 e. The highest BCUT2D eigenvalue weighted by molar-refractivity contribution is 6.16. The summed E-state index contributed by atoms with van der Waals surface area (Å²) in [5.41, 5.74) is 4.41. The van der Waals surface area contributed by atoms with Gasteiger partial charge in [-0.05, 0) is 63.9 Å². The van der Waals surface area contributed by atoms with Crippen LogP contribution in [0.4, 0.5) is 0 Å². The van der Waals surface area contributed by atoms with Crippen molar-refractivity contribution in [3.63, 3.8) is 0 Å². The minimum absolute atomic E-state index is 0.132. The van der Waals surface area contributed by atoms with Crippen molar-refractivity contribution in [1.29, 1.82) is 0 Å². The Labute approximate surface area is 187 Å². The van der Waals surface area contributed by atoms with Gasteiger partial charge in [-0.3, -0.25) is 14.4 Å². The molecule has 0 atom stereocenters. The molecular formula is C26H27N3O3. The van der Waals surface area contributed by atoms with E-state index < -0.39 is 0 Å². The number of aromatic nitrogens is 2. The number of benzene rings is 1. The molecule has 164 valence electrons. The molecule has 0 saturated heterocycles. The number of hydrogen-bond acceptors (Lipinski definition) is 5. The van der Waals surface area contributed by atoms with E-state index in [0.717, 1.165) is 46.7 Å². The zero-order valence-corrected chi connectivity index (χ0v) is 19.1. The molecule has 0 radical (unpaired) electrons. The van der Waals surface area contributed by atoms with E-state index in [9.17, 15) is 4.79 Å². The Bertz CT molecular complexity index is 1300. The molecule has 2 aromatic heterocycles. The second-order valence-electron chi connectivity index (χ2n) is 9.72. The van der Waals surface area contributed by atoms with Crippen LogP contribution in [0.1, 0.15) is 49.9 Å². The van der Waals surface area contributed by atoms with Crippen LogP contribution in [0.15, 0.2) is 58.6 Å². The predicted molar refractivity (Wildman–Crippen MR) is 125 cm³/mol. The van der Waals surface area contributed by atoms with E-state index >= 15 is 0 Å². The molecule has 6 heteroatoms. The molecule has 0 aliphatic carbocycles. The summed E-state index contributed by atoms with van der Waals surface area (Å²) in [5.74, 6) is 2.14. The molecule has 4 heterocycles. The van der Waals surface area contributed by atoms with E-state index in [1.807, 2.05) is 30.5 Å². The van der Waals surface area contributed by atoms with Crippen molar-refractivity contribution in [2.75, 3.05) is 7.11 Å². The lowest BCUT2D eigenvalue weighted by Crippen LogP contribution is -2.31. The van der Waals surface area contributed by atoms with Crippen LogP contribution in [-0.2, 0) is 12.8 Å². The first-order valence-electron chi connectivity index (χ1n) is 10.8. The number of aliphatic imine (C=N–C) groups is 1. The number of hydrogen-bond donors (Lipinski definition) is 0. The SMILES string of the molecule is COc1cc2c(c3c1OC(C)(C)C3)C(c1ccc(=O)n(-c3ccccn3)c1)=NC(C)(C)C2. The van der Waals surface area contributed by atoms with Crippen LogP contribution in [0.3, 0.4) is 0 Å². The van der Waals surface area contributed by atoms with Gasteiger partial charge in [0.1, 0.15) is 11.4 Å². The Kier molecular flexibility index (Phi) is 4.52. The van der Waals surface area contributed by atoms with Crippen LogP contribution >= 0.6 is 0 Å². The van der Waals surface area contributed by atoms with E-state index in [0.29, 0.717) is 5.82 Å². The number of methoxy groups -OCH3 is 1. The summed E-state index contributed by atoms with van der Waals surface area (Å²) in [6.07, 6.45) is 5.09. The zero-order chi connectivity index (χ0) is 22.7. The third kappa shape index (κ3) is 3.40. The van der Waals surface area contributed by atoms with E-state index in [4.69, 9.17) is 14.5 Å². The molecule has 5 rings (SSSR count). The Hall–Kier alpha value is -3.41. The third-order valence-corrected chi connectivity index (χ3v) is 5.98. The lowest BCUT2D eigenvalue weighted by atomic mass is 9.81. The van der Waals surface area contributed by atoms with Crippen LogP contribution in [-0.4, -0.2) is 33.5 Å². The van der Waals surface area contributed by atoms with Gasteiger partial charge in [-0.15, -0.1) is 0 Å². The molecule has 2 aliphatic heterocycles. The van der Waals surface area contributed by atoms with E-state index in [2.05, 4.69) is 38.7 Å². The Morgan fingerprint density at radius 3 is 2.62 bits per heavy atom. The summed E-state index contributed by atoms with van der Waals surface area (Å²) >= 11 is 0. The van der Waals surface area contributed by atoms with E-state index in [-0.39, 0.29) is 16.7 Å². The van der Waals surface area contributed by atoms with Crippen LogP contribution < -0.4 is 15.0 Å². The molecule has 32 heavy (non-hydrogen) atoms. The average molecular weight is 430 g/mol. The smallest absolute Gasteiger partial charge is 0.256 e. The molecule has 2 aliphatic rings. The number of nitrogens with zero attached hydrogens (tertiary/aromatic N) is 3. The zero-order valence-electron chi connectivity index (χ0n) is 19.1. The van der Waals surface area contributed by atoms with Gasteiger partial charge in [-0.25, -0.2) is 4.98 Å². The van der Waals surface area contributed by atoms with Gasteiger partial charge in [0.05, 0.1) is 18.4 Å². The van der Waals surface area contributed by atoms with Crippen LogP contribution in [0.25, 0.3) is 5.82 Å². The molecule has 0 unspecified atom stereocenters. The maximum absolute atomic E-state index is 12.6.